The smallest absolute Gasteiger partial charge is 0.437 e. The highest BCUT2D eigenvalue weighted by molar-refractivity contribution is 7.12. The number of aromatic nitrogens is 3. The molecule has 0 aliphatic carbocycles. The molecule has 0 aliphatic rings. The SMILES string of the molecule is COC(=O)Oc1c(C)c2c(=O)[nH]cnc2n1-c1cccs1. The molecule has 1 N–H and O–H groups in total. The van der Waals surface area contributed by atoms with Crippen LogP contribution in [0.1, 0.15) is 5.56 Å². The van der Waals surface area contributed by atoms with Crippen LogP contribution in [0.4, 0.5) is 4.79 Å². The molecule has 0 amide bonds. The van der Waals surface area contributed by atoms with E-state index >= 15 is 0 Å². The monoisotopic (exact) mass is 305 g/mol. The molecular formula is C13H11N3O4S. The first-order valence-corrected chi connectivity index (χ1v) is 6.89. The van der Waals surface area contributed by atoms with Gasteiger partial charge in [-0.3, -0.25) is 9.36 Å². The quantitative estimate of drug-likeness (QED) is 0.734. The van der Waals surface area contributed by atoms with Crippen molar-refractivity contribution in [3.05, 3.63) is 39.8 Å². The lowest BCUT2D eigenvalue weighted by molar-refractivity contribution is 0.119. The summed E-state index contributed by atoms with van der Waals surface area (Å²) >= 11 is 1.44. The van der Waals surface area contributed by atoms with Gasteiger partial charge in [0, 0.05) is 5.56 Å². The van der Waals surface area contributed by atoms with Crippen LogP contribution in [0.5, 0.6) is 5.88 Å². The van der Waals surface area contributed by atoms with Crippen LogP contribution in [0.3, 0.4) is 0 Å². The van der Waals surface area contributed by atoms with Crippen molar-refractivity contribution in [2.24, 2.45) is 0 Å². The van der Waals surface area contributed by atoms with Gasteiger partial charge in [-0.1, -0.05) is 0 Å². The van der Waals surface area contributed by atoms with E-state index in [1.54, 1.807) is 11.5 Å². The molecule has 7 nitrogen and oxygen atoms in total. The van der Waals surface area contributed by atoms with Crippen molar-refractivity contribution in [2.75, 3.05) is 7.11 Å². The maximum absolute atomic E-state index is 12.0. The normalized spacial score (nSPS) is 10.8. The standard InChI is InChI=1S/C13H11N3O4S/c1-7-9-10(14-6-15-11(9)17)16(8-4-3-5-21-8)12(7)20-13(18)19-2/h3-6H,1-2H3,(H,14,15,17). The molecule has 0 saturated heterocycles. The van der Waals surface area contributed by atoms with Crippen LogP contribution in [0, 0.1) is 6.92 Å². The van der Waals surface area contributed by atoms with Crippen molar-refractivity contribution < 1.29 is 14.3 Å². The van der Waals surface area contributed by atoms with Crippen LogP contribution >= 0.6 is 11.3 Å². The number of aryl methyl sites for hydroxylation is 1. The summed E-state index contributed by atoms with van der Waals surface area (Å²) in [5.41, 5.74) is 0.665. The molecule has 0 atom stereocenters. The second-order valence-corrected chi connectivity index (χ2v) is 5.13. The highest BCUT2D eigenvalue weighted by Crippen LogP contribution is 2.33. The summed E-state index contributed by atoms with van der Waals surface area (Å²) in [6, 6.07) is 3.70. The fourth-order valence-corrected chi connectivity index (χ4v) is 2.84. The fraction of sp³-hybridized carbons (Fsp3) is 0.154. The van der Waals surface area contributed by atoms with Gasteiger partial charge in [0.2, 0.25) is 5.88 Å². The molecule has 3 rings (SSSR count). The largest absolute Gasteiger partial charge is 0.514 e. The number of aromatic amines is 1. The van der Waals surface area contributed by atoms with Crippen molar-refractivity contribution in [1.29, 1.82) is 0 Å². The Morgan fingerprint density at radius 1 is 1.48 bits per heavy atom. The van der Waals surface area contributed by atoms with Crippen molar-refractivity contribution in [3.8, 4) is 10.9 Å². The summed E-state index contributed by atoms with van der Waals surface area (Å²) < 4.78 is 11.4. The number of nitrogens with zero attached hydrogens (tertiary/aromatic N) is 2. The minimum absolute atomic E-state index is 0.225. The number of nitrogens with one attached hydrogen (secondary N) is 1. The molecule has 108 valence electrons. The zero-order valence-electron chi connectivity index (χ0n) is 11.2. The van der Waals surface area contributed by atoms with E-state index in [0.717, 1.165) is 5.00 Å². The van der Waals surface area contributed by atoms with Gasteiger partial charge in [-0.25, -0.2) is 9.78 Å². The molecule has 0 radical (unpaired) electrons. The maximum atomic E-state index is 12.0. The number of ether oxygens (including phenoxy) is 2. The lowest BCUT2D eigenvalue weighted by Crippen LogP contribution is -2.11. The Morgan fingerprint density at radius 2 is 2.29 bits per heavy atom. The van der Waals surface area contributed by atoms with Crippen LogP contribution in [-0.4, -0.2) is 27.8 Å². The first kappa shape index (κ1) is 13.4. The number of fused-ring (bicyclic) bond motifs is 1. The summed E-state index contributed by atoms with van der Waals surface area (Å²) in [5.74, 6) is 0.225. The molecule has 0 bridgehead atoms. The Kier molecular flexibility index (Phi) is 3.22. The van der Waals surface area contributed by atoms with Crippen molar-refractivity contribution in [3.63, 3.8) is 0 Å². The third kappa shape index (κ3) is 2.09. The number of rotatable bonds is 2. The molecule has 0 fully saturated rings. The predicted molar refractivity (Wildman–Crippen MR) is 77.3 cm³/mol. The Morgan fingerprint density at radius 3 is 2.95 bits per heavy atom. The highest BCUT2D eigenvalue weighted by Gasteiger charge is 2.23. The van der Waals surface area contributed by atoms with Gasteiger partial charge >= 0.3 is 6.16 Å². The van der Waals surface area contributed by atoms with Gasteiger partial charge in [0.15, 0.2) is 5.65 Å². The van der Waals surface area contributed by atoms with Gasteiger partial charge < -0.3 is 14.5 Å². The third-order valence-electron chi connectivity index (χ3n) is 3.02. The molecule has 0 aromatic carbocycles. The maximum Gasteiger partial charge on any atom is 0.514 e. The van der Waals surface area contributed by atoms with Crippen molar-refractivity contribution in [1.82, 2.24) is 14.5 Å². The number of carbonyl (C=O) groups is 1. The summed E-state index contributed by atoms with van der Waals surface area (Å²) in [6.07, 6.45) is 0.464. The minimum atomic E-state index is -0.852. The molecule has 0 spiro atoms. The lowest BCUT2D eigenvalue weighted by Gasteiger charge is -2.07. The van der Waals surface area contributed by atoms with Gasteiger partial charge in [0.05, 0.1) is 18.8 Å². The van der Waals surface area contributed by atoms with Crippen LogP contribution in [0.15, 0.2) is 28.6 Å². The molecule has 3 aromatic heterocycles. The Balaban J connectivity index is 2.36. The van der Waals surface area contributed by atoms with Crippen LogP contribution in [0.25, 0.3) is 16.0 Å². The van der Waals surface area contributed by atoms with E-state index in [1.807, 2.05) is 17.5 Å². The van der Waals surface area contributed by atoms with E-state index in [9.17, 15) is 9.59 Å². The van der Waals surface area contributed by atoms with Crippen LogP contribution in [0.2, 0.25) is 0 Å². The van der Waals surface area contributed by atoms with Gasteiger partial charge in [0.1, 0.15) is 5.00 Å². The molecule has 0 aliphatic heterocycles. The van der Waals surface area contributed by atoms with Gasteiger partial charge in [-0.15, -0.1) is 11.3 Å². The van der Waals surface area contributed by atoms with Gasteiger partial charge in [-0.2, -0.15) is 0 Å². The summed E-state index contributed by atoms with van der Waals surface area (Å²) in [5, 5.41) is 3.04. The Bertz CT molecular complexity index is 864. The number of carbonyl (C=O) groups excluding carboxylic acids is 1. The lowest BCUT2D eigenvalue weighted by atomic mass is 10.3. The van der Waals surface area contributed by atoms with Crippen LogP contribution in [-0.2, 0) is 4.74 Å². The molecule has 3 aromatic rings. The number of H-pyrrole nitrogens is 1. The second kappa shape index (κ2) is 5.06. The third-order valence-corrected chi connectivity index (χ3v) is 3.87. The minimum Gasteiger partial charge on any atom is -0.437 e. The van der Waals surface area contributed by atoms with Crippen molar-refractivity contribution in [2.45, 2.75) is 6.92 Å². The number of thiophene rings is 1. The van der Waals surface area contributed by atoms with E-state index < -0.39 is 6.16 Å². The van der Waals surface area contributed by atoms with Crippen LogP contribution < -0.4 is 10.3 Å². The number of hydrogen-bond acceptors (Lipinski definition) is 6. The zero-order valence-corrected chi connectivity index (χ0v) is 12.1. The number of methoxy groups -OCH3 is 1. The van der Waals surface area contributed by atoms with E-state index in [4.69, 9.17) is 4.74 Å². The van der Waals surface area contributed by atoms with E-state index in [0.29, 0.717) is 16.6 Å². The number of hydrogen-bond donors (Lipinski definition) is 1. The summed E-state index contributed by atoms with van der Waals surface area (Å²) in [7, 11) is 1.22. The first-order valence-electron chi connectivity index (χ1n) is 6.02. The van der Waals surface area contributed by atoms with Gasteiger partial charge in [-0.05, 0) is 24.4 Å². The predicted octanol–water partition coefficient (Wildman–Crippen LogP) is 2.23. The summed E-state index contributed by atoms with van der Waals surface area (Å²) in [6.45, 7) is 1.70. The van der Waals surface area contributed by atoms with Crippen molar-refractivity contribution >= 4 is 28.5 Å². The molecule has 0 saturated carbocycles. The molecule has 8 heteroatoms. The molecule has 3 heterocycles. The second-order valence-electron chi connectivity index (χ2n) is 4.20. The Labute approximate surface area is 122 Å². The molecular weight excluding hydrogens is 294 g/mol. The van der Waals surface area contributed by atoms with E-state index in [1.165, 1.54) is 24.8 Å². The highest BCUT2D eigenvalue weighted by atomic mass is 32.1. The van der Waals surface area contributed by atoms with Gasteiger partial charge in [0.25, 0.3) is 5.56 Å². The zero-order chi connectivity index (χ0) is 15.0. The molecule has 21 heavy (non-hydrogen) atoms. The summed E-state index contributed by atoms with van der Waals surface area (Å²) in [4.78, 5) is 30.2. The Hall–Kier alpha value is -2.61. The van der Waals surface area contributed by atoms with E-state index in [-0.39, 0.29) is 11.4 Å². The first-order chi connectivity index (χ1) is 10.1. The average molecular weight is 305 g/mol. The average Bonchev–Trinajstić information content (AvgIpc) is 3.07. The fourth-order valence-electron chi connectivity index (χ4n) is 2.11. The topological polar surface area (TPSA) is 86.2 Å². The molecule has 0 unspecified atom stereocenters. The van der Waals surface area contributed by atoms with E-state index in [2.05, 4.69) is 14.7 Å².